The fraction of sp³-hybridized carbons (Fsp3) is 0.136. The van der Waals surface area contributed by atoms with Crippen molar-refractivity contribution in [2.75, 3.05) is 0 Å². The second-order valence-electron chi connectivity index (χ2n) is 6.72. The van der Waals surface area contributed by atoms with Gasteiger partial charge in [0.2, 0.25) is 5.72 Å². The molecule has 0 bridgehead atoms. The molecule has 3 nitrogen and oxygen atoms in total. The van der Waals surface area contributed by atoms with Crippen molar-refractivity contribution in [2.24, 2.45) is 4.99 Å². The number of aliphatic hydroxyl groups is 2. The van der Waals surface area contributed by atoms with Crippen LogP contribution in [0, 0.1) is 0 Å². The third kappa shape index (κ3) is 1.79. The third-order valence-corrected chi connectivity index (χ3v) is 5.37. The molecule has 122 valence electrons. The fourth-order valence-electron chi connectivity index (χ4n) is 4.16. The van der Waals surface area contributed by atoms with Gasteiger partial charge >= 0.3 is 0 Å². The van der Waals surface area contributed by atoms with Crippen LogP contribution in [0.15, 0.2) is 83.9 Å². The van der Waals surface area contributed by atoms with Gasteiger partial charge in [-0.05, 0) is 22.3 Å². The van der Waals surface area contributed by atoms with Gasteiger partial charge in [-0.25, -0.2) is 4.99 Å². The highest BCUT2D eigenvalue weighted by Crippen LogP contribution is 2.57. The monoisotopic (exact) mass is 327 g/mol. The number of fused-ring (bicyclic) bond motifs is 6. The maximum atomic E-state index is 11.6. The summed E-state index contributed by atoms with van der Waals surface area (Å²) in [6, 6.07) is 25.1. The van der Waals surface area contributed by atoms with Crippen LogP contribution in [-0.4, -0.2) is 15.9 Å². The molecule has 5 rings (SSSR count). The van der Waals surface area contributed by atoms with Gasteiger partial charge in [0.05, 0.1) is 0 Å². The molecule has 0 spiro atoms. The van der Waals surface area contributed by atoms with E-state index >= 15 is 0 Å². The largest absolute Gasteiger partial charge is 0.379 e. The zero-order valence-corrected chi connectivity index (χ0v) is 13.6. The lowest BCUT2D eigenvalue weighted by Crippen LogP contribution is -2.47. The molecule has 0 radical (unpaired) electrons. The first-order valence-corrected chi connectivity index (χ1v) is 8.42. The number of hydrogen-bond donors (Lipinski definition) is 2. The van der Waals surface area contributed by atoms with E-state index in [0.29, 0.717) is 5.56 Å². The van der Waals surface area contributed by atoms with Crippen LogP contribution >= 0.6 is 0 Å². The minimum absolute atomic E-state index is 0.277. The normalized spacial score (nSPS) is 26.4. The Kier molecular flexibility index (Phi) is 2.85. The molecule has 2 aliphatic rings. The summed E-state index contributed by atoms with van der Waals surface area (Å²) >= 11 is 0. The highest BCUT2D eigenvalue weighted by Gasteiger charge is 2.60. The highest BCUT2D eigenvalue weighted by atomic mass is 16.4. The van der Waals surface area contributed by atoms with Crippen LogP contribution in [0.3, 0.4) is 0 Å². The standard InChI is InChI=1S/C22H17NO2/c24-21-14-20(15-8-2-1-3-9-15)23-22(21,25)19-13-7-5-11-17(19)16-10-4-6-12-18(16)21/h1-13,24-25H,14H2/t21-,22+/m0/s1. The number of aliphatic imine (C=N–C) groups is 1. The highest BCUT2D eigenvalue weighted by molar-refractivity contribution is 6.04. The molecule has 1 heterocycles. The molecule has 2 N–H and O–H groups in total. The second kappa shape index (κ2) is 4.88. The van der Waals surface area contributed by atoms with Gasteiger partial charge in [-0.3, -0.25) is 0 Å². The second-order valence-corrected chi connectivity index (χ2v) is 6.72. The number of benzene rings is 3. The molecule has 1 aliphatic carbocycles. The van der Waals surface area contributed by atoms with Crippen molar-refractivity contribution in [1.82, 2.24) is 0 Å². The van der Waals surface area contributed by atoms with E-state index < -0.39 is 11.3 Å². The number of nitrogens with zero attached hydrogens (tertiary/aromatic N) is 1. The summed E-state index contributed by atoms with van der Waals surface area (Å²) in [6.45, 7) is 0. The van der Waals surface area contributed by atoms with Gasteiger partial charge in [0.15, 0.2) is 0 Å². The first kappa shape index (κ1) is 14.6. The predicted molar refractivity (Wildman–Crippen MR) is 97.3 cm³/mol. The zero-order chi connectivity index (χ0) is 17.1. The van der Waals surface area contributed by atoms with E-state index in [1.165, 1.54) is 0 Å². The lowest BCUT2D eigenvalue weighted by molar-refractivity contribution is -0.147. The van der Waals surface area contributed by atoms with Crippen LogP contribution in [0.4, 0.5) is 0 Å². The van der Waals surface area contributed by atoms with Crippen LogP contribution in [0.25, 0.3) is 11.1 Å². The lowest BCUT2D eigenvalue weighted by atomic mass is 9.69. The quantitative estimate of drug-likeness (QED) is 0.717. The van der Waals surface area contributed by atoms with E-state index in [1.807, 2.05) is 78.9 Å². The summed E-state index contributed by atoms with van der Waals surface area (Å²) < 4.78 is 0. The van der Waals surface area contributed by atoms with Crippen molar-refractivity contribution in [1.29, 1.82) is 0 Å². The van der Waals surface area contributed by atoms with E-state index in [2.05, 4.69) is 4.99 Å². The Morgan fingerprint density at radius 1 is 0.680 bits per heavy atom. The van der Waals surface area contributed by atoms with Crippen LogP contribution in [0.1, 0.15) is 23.1 Å². The van der Waals surface area contributed by atoms with Crippen molar-refractivity contribution in [3.63, 3.8) is 0 Å². The molecule has 1 aliphatic heterocycles. The van der Waals surface area contributed by atoms with Gasteiger partial charge < -0.3 is 10.2 Å². The first-order valence-electron chi connectivity index (χ1n) is 8.42. The molecule has 3 aromatic carbocycles. The van der Waals surface area contributed by atoms with Crippen molar-refractivity contribution >= 4 is 5.71 Å². The van der Waals surface area contributed by atoms with Crippen molar-refractivity contribution in [2.45, 2.75) is 17.7 Å². The average molecular weight is 327 g/mol. The van der Waals surface area contributed by atoms with Gasteiger partial charge in [-0.15, -0.1) is 0 Å². The summed E-state index contributed by atoms with van der Waals surface area (Å²) in [5.74, 6) is 0. The summed E-state index contributed by atoms with van der Waals surface area (Å²) in [7, 11) is 0. The summed E-state index contributed by atoms with van der Waals surface area (Å²) in [5.41, 5.74) is 1.75. The first-order chi connectivity index (χ1) is 12.1. The third-order valence-electron chi connectivity index (χ3n) is 5.37. The Morgan fingerprint density at radius 2 is 1.24 bits per heavy atom. The zero-order valence-electron chi connectivity index (χ0n) is 13.6. The summed E-state index contributed by atoms with van der Waals surface area (Å²) in [4.78, 5) is 4.65. The van der Waals surface area contributed by atoms with Crippen LogP contribution < -0.4 is 0 Å². The Labute approximate surface area is 145 Å². The molecule has 0 unspecified atom stereocenters. The molecule has 0 fully saturated rings. The molecular formula is C22H17NO2. The minimum atomic E-state index is -1.68. The van der Waals surface area contributed by atoms with Crippen molar-refractivity contribution < 1.29 is 10.2 Å². The molecule has 0 saturated heterocycles. The van der Waals surface area contributed by atoms with Gasteiger partial charge in [0, 0.05) is 17.7 Å². The number of rotatable bonds is 1. The molecule has 0 aromatic heterocycles. The number of hydrogen-bond acceptors (Lipinski definition) is 3. The lowest BCUT2D eigenvalue weighted by Gasteiger charge is -2.42. The Hall–Kier alpha value is -2.75. The maximum Gasteiger partial charge on any atom is 0.217 e. The van der Waals surface area contributed by atoms with E-state index in [0.717, 1.165) is 28.0 Å². The van der Waals surface area contributed by atoms with Gasteiger partial charge in [0.1, 0.15) is 5.60 Å². The predicted octanol–water partition coefficient (Wildman–Crippen LogP) is 3.59. The maximum absolute atomic E-state index is 11.6. The van der Waals surface area contributed by atoms with Gasteiger partial charge in [-0.2, -0.15) is 0 Å². The fourth-order valence-corrected chi connectivity index (χ4v) is 4.16. The molecule has 2 atom stereocenters. The van der Waals surface area contributed by atoms with E-state index in [1.54, 1.807) is 0 Å². The molecule has 0 saturated carbocycles. The molecular weight excluding hydrogens is 310 g/mol. The Morgan fingerprint density at radius 3 is 1.96 bits per heavy atom. The van der Waals surface area contributed by atoms with Gasteiger partial charge in [-0.1, -0.05) is 78.9 Å². The van der Waals surface area contributed by atoms with Crippen molar-refractivity contribution in [3.05, 3.63) is 95.6 Å². The van der Waals surface area contributed by atoms with Crippen molar-refractivity contribution in [3.8, 4) is 11.1 Å². The van der Waals surface area contributed by atoms with Crippen LogP contribution in [0.2, 0.25) is 0 Å². The SMILES string of the molecule is O[C@@]12N=C(c3ccccc3)C[C@]1(O)c1ccccc1-c1ccccc12. The summed E-state index contributed by atoms with van der Waals surface area (Å²) in [6.07, 6.45) is 0.277. The van der Waals surface area contributed by atoms with Crippen LogP contribution in [0.5, 0.6) is 0 Å². The average Bonchev–Trinajstić information content (AvgIpc) is 2.96. The minimum Gasteiger partial charge on any atom is -0.379 e. The summed E-state index contributed by atoms with van der Waals surface area (Å²) in [5, 5.41) is 23.2. The Balaban J connectivity index is 1.81. The van der Waals surface area contributed by atoms with Crippen LogP contribution in [-0.2, 0) is 11.3 Å². The smallest absolute Gasteiger partial charge is 0.217 e. The van der Waals surface area contributed by atoms with E-state index in [4.69, 9.17) is 0 Å². The van der Waals surface area contributed by atoms with E-state index in [-0.39, 0.29) is 6.42 Å². The van der Waals surface area contributed by atoms with E-state index in [9.17, 15) is 10.2 Å². The molecule has 25 heavy (non-hydrogen) atoms. The molecule has 3 heteroatoms. The molecule has 0 amide bonds. The Bertz CT molecular complexity index is 1010. The molecule has 3 aromatic rings. The van der Waals surface area contributed by atoms with Gasteiger partial charge in [0.25, 0.3) is 0 Å². The topological polar surface area (TPSA) is 52.8 Å².